The van der Waals surface area contributed by atoms with Gasteiger partial charge in [-0.25, -0.2) is 13.8 Å². The molecule has 100 valence electrons. The fourth-order valence-electron chi connectivity index (χ4n) is 1.83. The van der Waals surface area contributed by atoms with Gasteiger partial charge in [0.1, 0.15) is 17.5 Å². The van der Waals surface area contributed by atoms with Crippen LogP contribution in [0.5, 0.6) is 0 Å². The van der Waals surface area contributed by atoms with Crippen LogP contribution < -0.4 is 11.1 Å². The number of hydrogen-bond acceptors (Lipinski definition) is 3. The van der Waals surface area contributed by atoms with Crippen molar-refractivity contribution in [2.24, 2.45) is 0 Å². The summed E-state index contributed by atoms with van der Waals surface area (Å²) in [5.74, 6) is -0.130. The zero-order valence-electron chi connectivity index (χ0n) is 10.6. The van der Waals surface area contributed by atoms with E-state index >= 15 is 0 Å². The highest BCUT2D eigenvalue weighted by molar-refractivity contribution is 5.50. The predicted octanol–water partition coefficient (Wildman–Crippen LogP) is 2.91. The Morgan fingerprint density at radius 2 is 2.05 bits per heavy atom. The van der Waals surface area contributed by atoms with Crippen LogP contribution in [0.3, 0.4) is 0 Å². The van der Waals surface area contributed by atoms with E-state index in [4.69, 9.17) is 5.73 Å². The monoisotopic (exact) mass is 263 g/mol. The largest absolute Gasteiger partial charge is 0.397 e. The third-order valence-electron chi connectivity index (χ3n) is 2.79. The minimum absolute atomic E-state index is 0.348. The third kappa shape index (κ3) is 3.40. The van der Waals surface area contributed by atoms with Gasteiger partial charge in [0.25, 0.3) is 0 Å². The predicted molar refractivity (Wildman–Crippen MR) is 71.9 cm³/mol. The van der Waals surface area contributed by atoms with Gasteiger partial charge in [0, 0.05) is 6.54 Å². The van der Waals surface area contributed by atoms with Crippen LogP contribution >= 0.6 is 0 Å². The molecule has 3 nitrogen and oxygen atoms in total. The van der Waals surface area contributed by atoms with Crippen molar-refractivity contribution in [3.63, 3.8) is 0 Å². The maximum Gasteiger partial charge on any atom is 0.129 e. The standard InChI is InChI=1S/C14H15F2N3/c1-9-6-12(17)8-19-14(9)18-5-4-10-7-11(15)2-3-13(10)16/h2-3,6-8H,4-5,17H2,1H3,(H,18,19). The Kier molecular flexibility index (Phi) is 3.94. The number of hydrogen-bond donors (Lipinski definition) is 2. The highest BCUT2D eigenvalue weighted by Crippen LogP contribution is 2.15. The van der Waals surface area contributed by atoms with Crippen molar-refractivity contribution in [2.45, 2.75) is 13.3 Å². The van der Waals surface area contributed by atoms with Gasteiger partial charge in [-0.05, 0) is 48.7 Å². The maximum absolute atomic E-state index is 13.4. The molecular formula is C14H15F2N3. The van der Waals surface area contributed by atoms with Crippen LogP contribution in [0.25, 0.3) is 0 Å². The SMILES string of the molecule is Cc1cc(N)cnc1NCCc1cc(F)ccc1F. The summed E-state index contributed by atoms with van der Waals surface area (Å²) in [6, 6.07) is 5.26. The van der Waals surface area contributed by atoms with Crippen molar-refractivity contribution in [3.8, 4) is 0 Å². The molecule has 3 N–H and O–H groups in total. The molecule has 0 aliphatic heterocycles. The Morgan fingerprint density at radius 3 is 2.79 bits per heavy atom. The molecule has 0 fully saturated rings. The van der Waals surface area contributed by atoms with E-state index in [0.717, 1.165) is 17.7 Å². The number of aromatic nitrogens is 1. The second-order valence-electron chi connectivity index (χ2n) is 4.35. The van der Waals surface area contributed by atoms with Gasteiger partial charge in [0.15, 0.2) is 0 Å². The first-order chi connectivity index (χ1) is 9.06. The second kappa shape index (κ2) is 5.65. The molecule has 1 heterocycles. The lowest BCUT2D eigenvalue weighted by Gasteiger charge is -2.09. The average Bonchev–Trinajstić information content (AvgIpc) is 2.36. The molecule has 19 heavy (non-hydrogen) atoms. The number of rotatable bonds is 4. The molecule has 0 saturated heterocycles. The van der Waals surface area contributed by atoms with Crippen LogP contribution in [-0.4, -0.2) is 11.5 Å². The molecule has 0 unspecified atom stereocenters. The van der Waals surface area contributed by atoms with E-state index in [-0.39, 0.29) is 0 Å². The number of nitrogens with two attached hydrogens (primary N) is 1. The lowest BCUT2D eigenvalue weighted by atomic mass is 10.1. The Bertz CT molecular complexity index is 585. The minimum Gasteiger partial charge on any atom is -0.397 e. The zero-order valence-corrected chi connectivity index (χ0v) is 10.6. The summed E-state index contributed by atoms with van der Waals surface area (Å²) < 4.78 is 26.4. The molecule has 0 spiro atoms. The van der Waals surface area contributed by atoms with Crippen molar-refractivity contribution in [1.82, 2.24) is 4.98 Å². The topological polar surface area (TPSA) is 50.9 Å². The van der Waals surface area contributed by atoms with Crippen molar-refractivity contribution in [3.05, 3.63) is 53.2 Å². The fourth-order valence-corrected chi connectivity index (χ4v) is 1.83. The van der Waals surface area contributed by atoms with Crippen molar-refractivity contribution in [2.75, 3.05) is 17.6 Å². The molecule has 0 atom stereocenters. The lowest BCUT2D eigenvalue weighted by Crippen LogP contribution is -2.09. The van der Waals surface area contributed by atoms with Gasteiger partial charge in [-0.2, -0.15) is 0 Å². The maximum atomic E-state index is 13.4. The van der Waals surface area contributed by atoms with E-state index in [0.29, 0.717) is 30.0 Å². The number of anilines is 2. The summed E-state index contributed by atoms with van der Waals surface area (Å²) in [7, 11) is 0. The highest BCUT2D eigenvalue weighted by atomic mass is 19.1. The number of aryl methyl sites for hydroxylation is 1. The van der Waals surface area contributed by atoms with Gasteiger partial charge in [0.2, 0.25) is 0 Å². The third-order valence-corrected chi connectivity index (χ3v) is 2.79. The van der Waals surface area contributed by atoms with E-state index in [1.807, 2.05) is 6.92 Å². The van der Waals surface area contributed by atoms with Crippen LogP contribution in [0.2, 0.25) is 0 Å². The molecule has 0 radical (unpaired) electrons. The highest BCUT2D eigenvalue weighted by Gasteiger charge is 2.05. The van der Waals surface area contributed by atoms with E-state index in [2.05, 4.69) is 10.3 Å². The van der Waals surface area contributed by atoms with Crippen LogP contribution in [0.15, 0.2) is 30.5 Å². The van der Waals surface area contributed by atoms with Gasteiger partial charge >= 0.3 is 0 Å². The number of nitrogens with one attached hydrogen (secondary N) is 1. The van der Waals surface area contributed by atoms with E-state index in [1.165, 1.54) is 6.07 Å². The van der Waals surface area contributed by atoms with Crippen molar-refractivity contribution in [1.29, 1.82) is 0 Å². The molecule has 0 aliphatic carbocycles. The normalized spacial score (nSPS) is 10.5. The van der Waals surface area contributed by atoms with Gasteiger partial charge in [0.05, 0.1) is 11.9 Å². The smallest absolute Gasteiger partial charge is 0.129 e. The molecule has 2 aromatic rings. The molecule has 0 saturated carbocycles. The van der Waals surface area contributed by atoms with Crippen LogP contribution in [-0.2, 0) is 6.42 Å². The average molecular weight is 263 g/mol. The van der Waals surface area contributed by atoms with Gasteiger partial charge in [-0.3, -0.25) is 0 Å². The zero-order chi connectivity index (χ0) is 13.8. The molecule has 1 aromatic heterocycles. The quantitative estimate of drug-likeness (QED) is 0.891. The summed E-state index contributed by atoms with van der Waals surface area (Å²) in [6.07, 6.45) is 1.94. The first-order valence-electron chi connectivity index (χ1n) is 5.96. The second-order valence-corrected chi connectivity index (χ2v) is 4.35. The number of pyridine rings is 1. The fraction of sp³-hybridized carbons (Fsp3) is 0.214. The Balaban J connectivity index is 1.98. The number of nitrogens with zero attached hydrogens (tertiary/aromatic N) is 1. The van der Waals surface area contributed by atoms with Crippen molar-refractivity contribution < 1.29 is 8.78 Å². The number of nitrogen functional groups attached to an aromatic ring is 1. The van der Waals surface area contributed by atoms with Gasteiger partial charge in [-0.1, -0.05) is 0 Å². The summed E-state index contributed by atoms with van der Waals surface area (Å²) in [5, 5.41) is 3.08. The Hall–Kier alpha value is -2.17. The first kappa shape index (κ1) is 13.3. The van der Waals surface area contributed by atoms with E-state index in [1.54, 1.807) is 12.3 Å². The van der Waals surface area contributed by atoms with Crippen LogP contribution in [0, 0.1) is 18.6 Å². The molecule has 2 rings (SSSR count). The summed E-state index contributed by atoms with van der Waals surface area (Å²) >= 11 is 0. The summed E-state index contributed by atoms with van der Waals surface area (Å²) in [4.78, 5) is 4.15. The lowest BCUT2D eigenvalue weighted by molar-refractivity contribution is 0.586. The Labute approximate surface area is 110 Å². The molecule has 0 aliphatic rings. The molecule has 0 amide bonds. The number of halogens is 2. The number of benzene rings is 1. The van der Waals surface area contributed by atoms with Crippen molar-refractivity contribution >= 4 is 11.5 Å². The minimum atomic E-state index is -0.432. The summed E-state index contributed by atoms with van der Waals surface area (Å²) in [6.45, 7) is 2.35. The van der Waals surface area contributed by atoms with Gasteiger partial charge < -0.3 is 11.1 Å². The molecule has 1 aromatic carbocycles. The first-order valence-corrected chi connectivity index (χ1v) is 5.96. The van der Waals surface area contributed by atoms with Crippen LogP contribution in [0.4, 0.5) is 20.3 Å². The van der Waals surface area contributed by atoms with E-state index in [9.17, 15) is 8.78 Å². The molecular weight excluding hydrogens is 248 g/mol. The van der Waals surface area contributed by atoms with E-state index < -0.39 is 11.6 Å². The van der Waals surface area contributed by atoms with Gasteiger partial charge in [-0.15, -0.1) is 0 Å². The Morgan fingerprint density at radius 1 is 1.26 bits per heavy atom. The molecule has 5 heteroatoms. The summed E-state index contributed by atoms with van der Waals surface area (Å²) in [5.41, 5.74) is 7.46. The molecule has 0 bridgehead atoms. The van der Waals surface area contributed by atoms with Crippen LogP contribution in [0.1, 0.15) is 11.1 Å².